The van der Waals surface area contributed by atoms with Crippen molar-refractivity contribution in [2.75, 3.05) is 11.6 Å². The zero-order chi connectivity index (χ0) is 18.0. The van der Waals surface area contributed by atoms with Crippen molar-refractivity contribution in [3.63, 3.8) is 0 Å². The van der Waals surface area contributed by atoms with Crippen molar-refractivity contribution in [3.8, 4) is 11.3 Å². The van der Waals surface area contributed by atoms with Gasteiger partial charge in [0.2, 0.25) is 0 Å². The molecule has 0 spiro atoms. The number of carbonyl (C=O) groups excluding carboxylic acids is 1. The number of carbonyl (C=O) groups is 1. The molecule has 0 fully saturated rings. The Labute approximate surface area is 155 Å². The highest BCUT2D eigenvalue weighted by Crippen LogP contribution is 2.31. The molecule has 128 valence electrons. The maximum atomic E-state index is 12.5. The summed E-state index contributed by atoms with van der Waals surface area (Å²) in [5.74, 6) is -0.185. The Hall–Kier alpha value is -2.18. The van der Waals surface area contributed by atoms with Gasteiger partial charge in [-0.05, 0) is 50.3 Å². The van der Waals surface area contributed by atoms with Gasteiger partial charge in [0, 0.05) is 17.1 Å². The first kappa shape index (κ1) is 17.6. The molecule has 0 atom stereocenters. The lowest BCUT2D eigenvalue weighted by Crippen LogP contribution is -2.13. The molecule has 0 bridgehead atoms. The smallest absolute Gasteiger partial charge is 0.260 e. The number of anilines is 1. The van der Waals surface area contributed by atoms with Crippen molar-refractivity contribution < 1.29 is 4.79 Å². The maximum Gasteiger partial charge on any atom is 0.260 e. The Bertz CT molecular complexity index is 911. The van der Waals surface area contributed by atoms with Crippen LogP contribution >= 0.6 is 23.1 Å². The minimum Gasteiger partial charge on any atom is -0.298 e. The molecule has 1 N–H and O–H groups in total. The summed E-state index contributed by atoms with van der Waals surface area (Å²) in [6.45, 7) is 6.27. The van der Waals surface area contributed by atoms with E-state index in [0.29, 0.717) is 15.7 Å². The largest absolute Gasteiger partial charge is 0.298 e. The van der Waals surface area contributed by atoms with Crippen LogP contribution in [0.2, 0.25) is 0 Å². The van der Waals surface area contributed by atoms with Gasteiger partial charge in [-0.1, -0.05) is 17.7 Å². The summed E-state index contributed by atoms with van der Waals surface area (Å²) in [4.78, 5) is 21.4. The number of rotatable bonds is 4. The van der Waals surface area contributed by atoms with E-state index in [0.717, 1.165) is 11.3 Å². The molecule has 0 aliphatic carbocycles. The quantitative estimate of drug-likeness (QED) is 0.650. The van der Waals surface area contributed by atoms with Gasteiger partial charge in [0.15, 0.2) is 5.13 Å². The molecular weight excluding hydrogens is 350 g/mol. The zero-order valence-corrected chi connectivity index (χ0v) is 16.2. The van der Waals surface area contributed by atoms with Gasteiger partial charge in [0.1, 0.15) is 5.03 Å². The highest BCUT2D eigenvalue weighted by molar-refractivity contribution is 7.98. The molecule has 0 radical (unpaired) electrons. The summed E-state index contributed by atoms with van der Waals surface area (Å²) >= 11 is 2.88. The Morgan fingerprint density at radius 1 is 1.20 bits per heavy atom. The molecule has 0 saturated carbocycles. The summed E-state index contributed by atoms with van der Waals surface area (Å²) in [6.07, 6.45) is 3.59. The number of pyridine rings is 1. The maximum absolute atomic E-state index is 12.5. The van der Waals surface area contributed by atoms with Gasteiger partial charge >= 0.3 is 0 Å². The van der Waals surface area contributed by atoms with Gasteiger partial charge in [-0.25, -0.2) is 9.97 Å². The molecule has 6 heteroatoms. The van der Waals surface area contributed by atoms with Crippen molar-refractivity contribution in [1.29, 1.82) is 0 Å². The number of nitrogens with zero attached hydrogens (tertiary/aromatic N) is 2. The molecule has 2 aromatic heterocycles. The van der Waals surface area contributed by atoms with E-state index in [4.69, 9.17) is 0 Å². The van der Waals surface area contributed by atoms with Gasteiger partial charge in [-0.2, -0.15) is 0 Å². The summed E-state index contributed by atoms with van der Waals surface area (Å²) in [6, 6.07) is 7.85. The van der Waals surface area contributed by atoms with E-state index in [9.17, 15) is 4.79 Å². The molecule has 1 aromatic carbocycles. The van der Waals surface area contributed by atoms with Crippen LogP contribution in [-0.4, -0.2) is 22.1 Å². The van der Waals surface area contributed by atoms with Gasteiger partial charge in [-0.15, -0.1) is 23.1 Å². The standard InChI is InChI=1S/C19H19N3OS2/c1-11-8-12(2)16(13(3)9-11)15-10-25-19(21-15)22-17(23)14-6-5-7-20-18(14)24-4/h5-10H,1-4H3,(H,21,22,23). The SMILES string of the molecule is CSc1ncccc1C(=O)Nc1nc(-c2c(C)cc(C)cc2C)cs1. The minimum absolute atomic E-state index is 0.185. The monoisotopic (exact) mass is 369 g/mol. The van der Waals surface area contributed by atoms with Crippen LogP contribution in [0.4, 0.5) is 5.13 Å². The van der Waals surface area contributed by atoms with Crippen molar-refractivity contribution in [1.82, 2.24) is 9.97 Å². The fraction of sp³-hybridized carbons (Fsp3) is 0.211. The Balaban J connectivity index is 1.87. The Morgan fingerprint density at radius 3 is 2.60 bits per heavy atom. The molecule has 1 amide bonds. The lowest BCUT2D eigenvalue weighted by molar-refractivity contribution is 0.102. The van der Waals surface area contributed by atoms with E-state index in [1.807, 2.05) is 11.6 Å². The first-order chi connectivity index (χ1) is 12.0. The van der Waals surface area contributed by atoms with Gasteiger partial charge in [0.05, 0.1) is 11.3 Å². The molecule has 4 nitrogen and oxygen atoms in total. The zero-order valence-electron chi connectivity index (χ0n) is 14.6. The second kappa shape index (κ2) is 7.37. The van der Waals surface area contributed by atoms with Crippen molar-refractivity contribution >= 4 is 34.1 Å². The third kappa shape index (κ3) is 3.75. The van der Waals surface area contributed by atoms with Crippen molar-refractivity contribution in [2.45, 2.75) is 25.8 Å². The molecule has 3 aromatic rings. The topological polar surface area (TPSA) is 54.9 Å². The number of aromatic nitrogens is 2. The Morgan fingerprint density at radius 2 is 1.92 bits per heavy atom. The van der Waals surface area contributed by atoms with E-state index in [1.54, 1.807) is 18.3 Å². The number of hydrogen-bond acceptors (Lipinski definition) is 5. The van der Waals surface area contributed by atoms with E-state index in [1.165, 1.54) is 39.8 Å². The van der Waals surface area contributed by atoms with Crippen molar-refractivity contribution in [2.24, 2.45) is 0 Å². The van der Waals surface area contributed by atoms with Crippen LogP contribution in [0.3, 0.4) is 0 Å². The summed E-state index contributed by atoms with van der Waals surface area (Å²) in [5.41, 5.74) is 6.22. The molecule has 0 saturated heterocycles. The fourth-order valence-corrected chi connectivity index (χ4v) is 4.16. The van der Waals surface area contributed by atoms with E-state index in [-0.39, 0.29) is 5.91 Å². The van der Waals surface area contributed by atoms with Crippen LogP contribution in [-0.2, 0) is 0 Å². The number of hydrogen-bond donors (Lipinski definition) is 1. The molecule has 25 heavy (non-hydrogen) atoms. The normalized spacial score (nSPS) is 10.7. The van der Waals surface area contributed by atoms with Crippen LogP contribution in [0.1, 0.15) is 27.0 Å². The predicted octanol–water partition coefficient (Wildman–Crippen LogP) is 5.10. The number of amides is 1. The molecule has 0 unspecified atom stereocenters. The van der Waals surface area contributed by atoms with E-state index >= 15 is 0 Å². The summed E-state index contributed by atoms with van der Waals surface area (Å²) < 4.78 is 0. The second-order valence-corrected chi connectivity index (χ2v) is 7.48. The van der Waals surface area contributed by atoms with Crippen LogP contribution < -0.4 is 5.32 Å². The van der Waals surface area contributed by atoms with Gasteiger partial charge in [-0.3, -0.25) is 10.1 Å². The van der Waals surface area contributed by atoms with Crippen molar-refractivity contribution in [3.05, 3.63) is 58.1 Å². The molecular formula is C19H19N3OS2. The average molecular weight is 370 g/mol. The predicted molar refractivity (Wildman–Crippen MR) is 106 cm³/mol. The molecule has 0 aliphatic rings. The van der Waals surface area contributed by atoms with Gasteiger partial charge in [0.25, 0.3) is 5.91 Å². The van der Waals surface area contributed by atoms with Crippen LogP contribution in [0.25, 0.3) is 11.3 Å². The van der Waals surface area contributed by atoms with Crippen LogP contribution in [0, 0.1) is 20.8 Å². The molecule has 3 rings (SSSR count). The second-order valence-electron chi connectivity index (χ2n) is 5.83. The fourth-order valence-electron chi connectivity index (χ4n) is 2.92. The van der Waals surface area contributed by atoms with E-state index in [2.05, 4.69) is 48.2 Å². The number of aryl methyl sites for hydroxylation is 3. The first-order valence-corrected chi connectivity index (χ1v) is 9.94. The summed E-state index contributed by atoms with van der Waals surface area (Å²) in [7, 11) is 0. The Kier molecular flexibility index (Phi) is 5.20. The minimum atomic E-state index is -0.185. The number of benzene rings is 1. The third-order valence-corrected chi connectivity index (χ3v) is 5.34. The lowest BCUT2D eigenvalue weighted by Gasteiger charge is -2.09. The number of thioether (sulfide) groups is 1. The molecule has 2 heterocycles. The lowest BCUT2D eigenvalue weighted by atomic mass is 9.98. The van der Waals surface area contributed by atoms with E-state index < -0.39 is 0 Å². The first-order valence-electron chi connectivity index (χ1n) is 7.83. The van der Waals surface area contributed by atoms with Gasteiger partial charge < -0.3 is 0 Å². The highest BCUT2D eigenvalue weighted by Gasteiger charge is 2.15. The van der Waals surface area contributed by atoms with Crippen LogP contribution in [0.15, 0.2) is 40.9 Å². The molecule has 0 aliphatic heterocycles. The number of thiazole rings is 1. The average Bonchev–Trinajstić information content (AvgIpc) is 3.01. The van der Waals surface area contributed by atoms with Crippen LogP contribution in [0.5, 0.6) is 0 Å². The number of nitrogens with one attached hydrogen (secondary N) is 1. The third-order valence-electron chi connectivity index (χ3n) is 3.87. The summed E-state index contributed by atoms with van der Waals surface area (Å²) in [5, 5.41) is 6.18. The highest BCUT2D eigenvalue weighted by atomic mass is 32.2.